The number of hydrogen-bond donors (Lipinski definition) is 0. The van der Waals surface area contributed by atoms with Crippen molar-refractivity contribution >= 4 is 31.2 Å². The molecule has 134 valence electrons. The first-order valence-electron chi connectivity index (χ1n) is 8.98. The van der Waals surface area contributed by atoms with Crippen molar-refractivity contribution in [1.82, 2.24) is 23.6 Å². The Bertz CT molecular complexity index is 932. The monoisotopic (exact) mass is 366 g/mol. The van der Waals surface area contributed by atoms with Crippen LogP contribution >= 0.6 is 8.37 Å². The van der Waals surface area contributed by atoms with E-state index < -0.39 is 8.37 Å². The fourth-order valence-corrected chi connectivity index (χ4v) is 5.73. The second-order valence-corrected chi connectivity index (χ2v) is 8.14. The summed E-state index contributed by atoms with van der Waals surface area (Å²) in [6.45, 7) is 9.19. The fourth-order valence-electron chi connectivity index (χ4n) is 3.27. The van der Waals surface area contributed by atoms with Gasteiger partial charge in [0.25, 0.3) is 0 Å². The highest BCUT2D eigenvalue weighted by atomic mass is 31.2. The maximum atomic E-state index is 4.82. The number of benzene rings is 1. The van der Waals surface area contributed by atoms with Gasteiger partial charge in [-0.3, -0.25) is 9.32 Å². The lowest BCUT2D eigenvalue weighted by Crippen LogP contribution is -2.36. The molecule has 3 heterocycles. The minimum atomic E-state index is -0.790. The number of amidine groups is 1. The van der Waals surface area contributed by atoms with Crippen LogP contribution in [0.5, 0.6) is 0 Å². The number of aliphatic imine (C=N–C) groups is 1. The number of fused-ring (bicyclic) bond motifs is 3. The van der Waals surface area contributed by atoms with Gasteiger partial charge in [-0.05, 0) is 31.2 Å². The van der Waals surface area contributed by atoms with E-state index in [0.717, 1.165) is 48.1 Å². The van der Waals surface area contributed by atoms with Crippen LogP contribution in [0.1, 0.15) is 26.5 Å². The summed E-state index contributed by atoms with van der Waals surface area (Å²) in [6, 6.07) is 14.4. The number of nitrogens with zero attached hydrogens (tertiary/aromatic N) is 6. The lowest BCUT2D eigenvalue weighted by Gasteiger charge is -2.41. The summed E-state index contributed by atoms with van der Waals surface area (Å²) in [5.41, 5.74) is 3.19. The molecule has 1 aromatic carbocycles. The minimum Gasteiger partial charge on any atom is -0.303 e. The topological polar surface area (TPSA) is 49.6 Å². The van der Waals surface area contributed by atoms with E-state index in [1.165, 1.54) is 0 Å². The van der Waals surface area contributed by atoms with E-state index in [4.69, 9.17) is 9.98 Å². The van der Waals surface area contributed by atoms with E-state index >= 15 is 0 Å². The molecule has 0 N–H and O–H groups in total. The highest BCUT2D eigenvalue weighted by Crippen LogP contribution is 2.53. The van der Waals surface area contributed by atoms with Gasteiger partial charge in [-0.2, -0.15) is 4.99 Å². The predicted molar refractivity (Wildman–Crippen MR) is 108 cm³/mol. The molecule has 0 radical (unpaired) electrons. The highest BCUT2D eigenvalue weighted by Gasteiger charge is 2.34. The molecule has 6 nitrogen and oxygen atoms in total. The summed E-state index contributed by atoms with van der Waals surface area (Å²) in [4.78, 5) is 14.1. The van der Waals surface area contributed by atoms with Crippen LogP contribution in [0.15, 0.2) is 53.7 Å². The summed E-state index contributed by atoms with van der Waals surface area (Å²) in [5.74, 6) is 1.80. The normalized spacial score (nSPS) is 16.8. The Morgan fingerprint density at radius 3 is 2.54 bits per heavy atom. The van der Waals surface area contributed by atoms with E-state index in [1.54, 1.807) is 0 Å². The number of imidazole rings is 1. The molecule has 0 saturated carbocycles. The van der Waals surface area contributed by atoms with Crippen molar-refractivity contribution in [2.75, 3.05) is 13.1 Å². The molecule has 0 spiro atoms. The van der Waals surface area contributed by atoms with Gasteiger partial charge < -0.3 is 4.67 Å². The van der Waals surface area contributed by atoms with Gasteiger partial charge in [0.05, 0.1) is 23.3 Å². The molecule has 7 heteroatoms. The van der Waals surface area contributed by atoms with Crippen molar-refractivity contribution < 1.29 is 0 Å². The Kier molecular flexibility index (Phi) is 4.70. The van der Waals surface area contributed by atoms with Crippen LogP contribution in [-0.2, 0) is 6.54 Å². The van der Waals surface area contributed by atoms with Gasteiger partial charge in [-0.25, -0.2) is 9.65 Å². The molecular weight excluding hydrogens is 343 g/mol. The lowest BCUT2D eigenvalue weighted by atomic mass is 10.3. The van der Waals surface area contributed by atoms with E-state index in [0.29, 0.717) is 0 Å². The SMILES string of the molecule is CCN(CC)P1N(Cc2ccccn2)C(C)=Nc2nc3ccccc3n21. The van der Waals surface area contributed by atoms with Crippen LogP contribution < -0.4 is 0 Å². The Morgan fingerprint density at radius 1 is 1.04 bits per heavy atom. The van der Waals surface area contributed by atoms with Crippen molar-refractivity contribution in [3.8, 4) is 0 Å². The van der Waals surface area contributed by atoms with Gasteiger partial charge in [0, 0.05) is 19.3 Å². The minimum absolute atomic E-state index is 0.740. The number of pyridine rings is 1. The Balaban J connectivity index is 1.86. The fraction of sp³-hybridized carbons (Fsp3) is 0.316. The first-order chi connectivity index (χ1) is 12.7. The molecule has 0 fully saturated rings. The van der Waals surface area contributed by atoms with Crippen molar-refractivity contribution in [3.63, 3.8) is 0 Å². The molecule has 4 rings (SSSR count). The van der Waals surface area contributed by atoms with Crippen LogP contribution in [0.4, 0.5) is 5.95 Å². The molecule has 0 bridgehead atoms. The molecule has 1 aliphatic heterocycles. The highest BCUT2D eigenvalue weighted by molar-refractivity contribution is 7.52. The van der Waals surface area contributed by atoms with Gasteiger partial charge in [-0.1, -0.05) is 32.0 Å². The third-order valence-corrected chi connectivity index (χ3v) is 7.26. The molecule has 2 aromatic heterocycles. The second kappa shape index (κ2) is 7.14. The molecule has 1 atom stereocenters. The summed E-state index contributed by atoms with van der Waals surface area (Å²) in [5, 5.41) is 0. The number of para-hydroxylation sites is 2. The van der Waals surface area contributed by atoms with Crippen LogP contribution in [0.2, 0.25) is 0 Å². The largest absolute Gasteiger partial charge is 0.303 e. The van der Waals surface area contributed by atoms with Crippen molar-refractivity contribution in [3.05, 3.63) is 54.4 Å². The van der Waals surface area contributed by atoms with E-state index in [1.807, 2.05) is 24.4 Å². The maximum absolute atomic E-state index is 4.82. The first kappa shape index (κ1) is 17.1. The average molecular weight is 366 g/mol. The number of hydrogen-bond acceptors (Lipinski definition) is 5. The summed E-state index contributed by atoms with van der Waals surface area (Å²) >= 11 is 0. The Morgan fingerprint density at radius 2 is 1.81 bits per heavy atom. The molecular formula is C19H23N6P. The van der Waals surface area contributed by atoms with Crippen molar-refractivity contribution in [2.45, 2.75) is 27.3 Å². The quantitative estimate of drug-likeness (QED) is 0.628. The zero-order valence-electron chi connectivity index (χ0n) is 15.4. The predicted octanol–water partition coefficient (Wildman–Crippen LogP) is 4.41. The molecule has 0 saturated heterocycles. The van der Waals surface area contributed by atoms with E-state index in [2.05, 4.69) is 63.7 Å². The molecule has 26 heavy (non-hydrogen) atoms. The Hall–Kier alpha value is -2.30. The van der Waals surface area contributed by atoms with E-state index in [-0.39, 0.29) is 0 Å². The van der Waals surface area contributed by atoms with Gasteiger partial charge in [0.15, 0.2) is 8.37 Å². The number of aromatic nitrogens is 3. The summed E-state index contributed by atoms with van der Waals surface area (Å²) < 4.78 is 7.19. The van der Waals surface area contributed by atoms with Gasteiger partial charge in [-0.15, -0.1) is 0 Å². The van der Waals surface area contributed by atoms with Crippen molar-refractivity contribution in [1.29, 1.82) is 0 Å². The van der Waals surface area contributed by atoms with Crippen LogP contribution in [0.3, 0.4) is 0 Å². The Labute approximate surface area is 155 Å². The van der Waals surface area contributed by atoms with Crippen LogP contribution in [0, 0.1) is 0 Å². The second-order valence-electron chi connectivity index (χ2n) is 6.16. The van der Waals surface area contributed by atoms with Crippen LogP contribution in [-0.4, -0.2) is 42.6 Å². The van der Waals surface area contributed by atoms with Gasteiger partial charge in [0.1, 0.15) is 5.84 Å². The molecule has 0 amide bonds. The zero-order valence-corrected chi connectivity index (χ0v) is 16.3. The smallest absolute Gasteiger partial charge is 0.238 e. The third kappa shape index (κ3) is 2.89. The molecule has 1 aliphatic rings. The van der Waals surface area contributed by atoms with Gasteiger partial charge >= 0.3 is 0 Å². The maximum Gasteiger partial charge on any atom is 0.238 e. The van der Waals surface area contributed by atoms with Gasteiger partial charge in [0.2, 0.25) is 5.95 Å². The zero-order chi connectivity index (χ0) is 18.1. The standard InChI is InChI=1S/C19H23N6P/c1-4-23(5-2)26-24(14-16-10-8-9-13-20-16)15(3)21-19-22-17-11-6-7-12-18(17)25(19)26/h6-13H,4-5,14H2,1-3H3. The number of rotatable bonds is 5. The van der Waals surface area contributed by atoms with Crippen molar-refractivity contribution in [2.24, 2.45) is 4.99 Å². The summed E-state index contributed by atoms with van der Waals surface area (Å²) in [7, 11) is -0.790. The molecule has 0 aliphatic carbocycles. The van der Waals surface area contributed by atoms with Crippen LogP contribution in [0.25, 0.3) is 11.0 Å². The average Bonchev–Trinajstić information content (AvgIpc) is 3.03. The van der Waals surface area contributed by atoms with E-state index in [9.17, 15) is 0 Å². The lowest BCUT2D eigenvalue weighted by molar-refractivity contribution is 0.456. The molecule has 3 aromatic rings. The molecule has 1 unspecified atom stereocenters. The summed E-state index contributed by atoms with van der Waals surface area (Å²) in [6.07, 6.45) is 1.85. The third-order valence-electron chi connectivity index (χ3n) is 4.57. The first-order valence-corrected chi connectivity index (χ1v) is 10.2.